The second kappa shape index (κ2) is 12.8. The molecule has 2 aliphatic rings. The van der Waals surface area contributed by atoms with Gasteiger partial charge in [0.25, 0.3) is 0 Å². The molecule has 3 atom stereocenters. The van der Waals surface area contributed by atoms with Crippen molar-refractivity contribution in [3.8, 4) is 0 Å². The van der Waals surface area contributed by atoms with Crippen molar-refractivity contribution in [3.63, 3.8) is 0 Å². The van der Waals surface area contributed by atoms with Crippen LogP contribution in [-0.4, -0.2) is 65.8 Å². The number of aliphatic hydroxyl groups excluding tert-OH is 1. The van der Waals surface area contributed by atoms with E-state index in [1.54, 1.807) is 7.11 Å². The number of carbonyl (C=O) groups is 2. The molecule has 8 nitrogen and oxygen atoms in total. The average molecular weight is 533 g/mol. The number of benzene rings is 2. The molecule has 0 radical (unpaired) electrons. The number of para-hydroxylation sites is 1. The molecule has 1 aliphatic heterocycles. The molecule has 0 bridgehead atoms. The summed E-state index contributed by atoms with van der Waals surface area (Å²) in [6, 6.07) is 17.7. The zero-order valence-electron chi connectivity index (χ0n) is 22.7. The number of piperidine rings is 1. The molecule has 5 rings (SSSR count). The minimum Gasteiger partial charge on any atom is -0.394 e. The van der Waals surface area contributed by atoms with Crippen LogP contribution >= 0.6 is 0 Å². The SMILES string of the molecule is COCCCn1cc(CN(C(=O)[C@H]2CNC[C@@H](C(=O)N[C@H](CO)c3ccccc3)C2)C2CC2)c2ccccc21. The van der Waals surface area contributed by atoms with E-state index in [9.17, 15) is 14.7 Å². The smallest absolute Gasteiger partial charge is 0.227 e. The minimum atomic E-state index is -0.459. The third kappa shape index (κ3) is 6.52. The number of aliphatic hydroxyl groups is 1. The van der Waals surface area contributed by atoms with Crippen molar-refractivity contribution in [2.75, 3.05) is 33.4 Å². The number of nitrogens with one attached hydrogen (secondary N) is 2. The lowest BCUT2D eigenvalue weighted by Crippen LogP contribution is -2.50. The number of ether oxygens (including phenoxy) is 1. The minimum absolute atomic E-state index is 0.125. The Kier molecular flexibility index (Phi) is 8.96. The molecule has 0 spiro atoms. The molecule has 2 aromatic carbocycles. The van der Waals surface area contributed by atoms with Gasteiger partial charge >= 0.3 is 0 Å². The van der Waals surface area contributed by atoms with Crippen LogP contribution in [0.15, 0.2) is 60.8 Å². The number of hydrogen-bond donors (Lipinski definition) is 3. The average Bonchev–Trinajstić information content (AvgIpc) is 3.77. The van der Waals surface area contributed by atoms with Crippen LogP contribution in [0.5, 0.6) is 0 Å². The number of rotatable bonds is 12. The Morgan fingerprint density at radius 3 is 2.59 bits per heavy atom. The fraction of sp³-hybridized carbons (Fsp3) is 0.484. The van der Waals surface area contributed by atoms with Gasteiger partial charge in [0.1, 0.15) is 0 Å². The van der Waals surface area contributed by atoms with Gasteiger partial charge in [-0.1, -0.05) is 48.5 Å². The largest absolute Gasteiger partial charge is 0.394 e. The van der Waals surface area contributed by atoms with Gasteiger partial charge in [-0.15, -0.1) is 0 Å². The number of fused-ring (bicyclic) bond motifs is 1. The fourth-order valence-corrected chi connectivity index (χ4v) is 5.74. The molecule has 1 saturated carbocycles. The van der Waals surface area contributed by atoms with Crippen LogP contribution in [0.25, 0.3) is 10.9 Å². The van der Waals surface area contributed by atoms with Crippen molar-refractivity contribution in [2.45, 2.75) is 50.9 Å². The quantitative estimate of drug-likeness (QED) is 0.311. The summed E-state index contributed by atoms with van der Waals surface area (Å²) in [5.74, 6) is -0.579. The molecule has 2 fully saturated rings. The Balaban J connectivity index is 1.27. The number of methoxy groups -OCH3 is 1. The molecule has 8 heteroatoms. The van der Waals surface area contributed by atoms with Crippen LogP contribution in [-0.2, 0) is 27.4 Å². The Hall–Kier alpha value is -3.20. The van der Waals surface area contributed by atoms with E-state index in [0.717, 1.165) is 36.9 Å². The maximum Gasteiger partial charge on any atom is 0.227 e. The molecule has 39 heavy (non-hydrogen) atoms. The molecule has 1 saturated heterocycles. The number of amides is 2. The van der Waals surface area contributed by atoms with E-state index in [2.05, 4.69) is 45.7 Å². The first kappa shape index (κ1) is 27.4. The number of nitrogens with zero attached hydrogens (tertiary/aromatic N) is 2. The lowest BCUT2D eigenvalue weighted by atomic mass is 9.88. The summed E-state index contributed by atoms with van der Waals surface area (Å²) in [4.78, 5) is 29.1. The first-order valence-corrected chi connectivity index (χ1v) is 14.1. The van der Waals surface area contributed by atoms with Gasteiger partial charge in [0, 0.05) is 63.0 Å². The van der Waals surface area contributed by atoms with E-state index in [1.165, 1.54) is 10.9 Å². The summed E-state index contributed by atoms with van der Waals surface area (Å²) in [5, 5.41) is 17.4. The zero-order valence-corrected chi connectivity index (χ0v) is 22.7. The second-order valence-electron chi connectivity index (χ2n) is 10.9. The number of carbonyl (C=O) groups excluding carboxylic acids is 2. The molecule has 2 amide bonds. The topological polar surface area (TPSA) is 95.8 Å². The van der Waals surface area contributed by atoms with E-state index < -0.39 is 6.04 Å². The van der Waals surface area contributed by atoms with Gasteiger partial charge in [0.2, 0.25) is 11.8 Å². The van der Waals surface area contributed by atoms with Gasteiger partial charge < -0.3 is 29.9 Å². The highest BCUT2D eigenvalue weighted by atomic mass is 16.5. The van der Waals surface area contributed by atoms with Gasteiger partial charge in [-0.3, -0.25) is 9.59 Å². The van der Waals surface area contributed by atoms with Crippen LogP contribution in [0.4, 0.5) is 0 Å². The first-order chi connectivity index (χ1) is 19.1. The Morgan fingerprint density at radius 1 is 1.10 bits per heavy atom. The summed E-state index contributed by atoms with van der Waals surface area (Å²) in [6.45, 7) is 3.09. The third-order valence-corrected chi connectivity index (χ3v) is 8.00. The predicted molar refractivity (Wildman–Crippen MR) is 151 cm³/mol. The highest BCUT2D eigenvalue weighted by Crippen LogP contribution is 2.33. The molecule has 2 heterocycles. The van der Waals surface area contributed by atoms with E-state index in [4.69, 9.17) is 4.74 Å². The highest BCUT2D eigenvalue weighted by Gasteiger charge is 2.39. The standard InChI is InChI=1S/C31H40N4O4/c1-39-15-7-14-34-19-25(27-10-5-6-11-29(27)34)20-35(26-12-13-26)31(38)24-16-23(17-32-18-24)30(37)33-28(21-36)22-8-3-2-4-9-22/h2-6,8-11,19,23-24,26,28,32,36H,7,12-18,20-21H2,1H3,(H,33,37)/t23-,24+,28+/m0/s1. The maximum atomic E-state index is 13.9. The monoisotopic (exact) mass is 532 g/mol. The molecule has 0 unspecified atom stereocenters. The van der Waals surface area contributed by atoms with Crippen LogP contribution in [0.2, 0.25) is 0 Å². The van der Waals surface area contributed by atoms with E-state index >= 15 is 0 Å². The van der Waals surface area contributed by atoms with E-state index in [0.29, 0.717) is 32.7 Å². The highest BCUT2D eigenvalue weighted by molar-refractivity contribution is 5.86. The summed E-state index contributed by atoms with van der Waals surface area (Å²) in [6.07, 6.45) is 5.68. The summed E-state index contributed by atoms with van der Waals surface area (Å²) < 4.78 is 7.52. The first-order valence-electron chi connectivity index (χ1n) is 14.1. The Labute approximate surface area is 230 Å². The van der Waals surface area contributed by atoms with Crippen molar-refractivity contribution in [1.82, 2.24) is 20.1 Å². The number of aromatic nitrogens is 1. The Morgan fingerprint density at radius 2 is 1.85 bits per heavy atom. The molecule has 208 valence electrons. The van der Waals surface area contributed by atoms with Gasteiger partial charge in [-0.25, -0.2) is 0 Å². The fourth-order valence-electron chi connectivity index (χ4n) is 5.74. The van der Waals surface area contributed by atoms with Gasteiger partial charge in [-0.05, 0) is 42.9 Å². The van der Waals surface area contributed by atoms with Gasteiger partial charge in [0.15, 0.2) is 0 Å². The lowest BCUT2D eigenvalue weighted by molar-refractivity contribution is -0.139. The van der Waals surface area contributed by atoms with Crippen LogP contribution in [0.1, 0.15) is 42.9 Å². The molecule has 3 N–H and O–H groups in total. The molecule has 1 aliphatic carbocycles. The van der Waals surface area contributed by atoms with E-state index in [-0.39, 0.29) is 36.3 Å². The third-order valence-electron chi connectivity index (χ3n) is 8.00. The van der Waals surface area contributed by atoms with Crippen LogP contribution < -0.4 is 10.6 Å². The van der Waals surface area contributed by atoms with Crippen molar-refractivity contribution < 1.29 is 19.4 Å². The second-order valence-corrected chi connectivity index (χ2v) is 10.9. The van der Waals surface area contributed by atoms with Crippen LogP contribution in [0, 0.1) is 11.8 Å². The van der Waals surface area contributed by atoms with E-state index in [1.807, 2.05) is 35.2 Å². The van der Waals surface area contributed by atoms with Crippen molar-refractivity contribution in [1.29, 1.82) is 0 Å². The van der Waals surface area contributed by atoms with Crippen molar-refractivity contribution in [3.05, 3.63) is 71.9 Å². The summed E-state index contributed by atoms with van der Waals surface area (Å²) in [5.41, 5.74) is 3.21. The van der Waals surface area contributed by atoms with Gasteiger partial charge in [-0.2, -0.15) is 0 Å². The normalized spacial score (nSPS) is 20.1. The Bertz CT molecular complexity index is 1260. The molecule has 1 aromatic heterocycles. The van der Waals surface area contributed by atoms with Gasteiger partial charge in [0.05, 0.1) is 24.5 Å². The lowest BCUT2D eigenvalue weighted by Gasteiger charge is -2.33. The van der Waals surface area contributed by atoms with Crippen LogP contribution in [0.3, 0.4) is 0 Å². The van der Waals surface area contributed by atoms with Crippen molar-refractivity contribution >= 4 is 22.7 Å². The number of hydrogen-bond acceptors (Lipinski definition) is 5. The summed E-state index contributed by atoms with van der Waals surface area (Å²) in [7, 11) is 1.72. The number of aryl methyl sites for hydroxylation is 1. The summed E-state index contributed by atoms with van der Waals surface area (Å²) >= 11 is 0. The predicted octanol–water partition coefficient (Wildman–Crippen LogP) is 3.24. The molecule has 3 aromatic rings. The zero-order chi connectivity index (χ0) is 27.2. The molecular weight excluding hydrogens is 492 g/mol. The van der Waals surface area contributed by atoms with Crippen molar-refractivity contribution in [2.24, 2.45) is 11.8 Å². The maximum absolute atomic E-state index is 13.9. The molecular formula is C31H40N4O4.